The number of thiazole rings is 1. The van der Waals surface area contributed by atoms with Crippen LogP contribution in [0.5, 0.6) is 0 Å². The molecule has 6 heteroatoms. The van der Waals surface area contributed by atoms with E-state index in [0.717, 1.165) is 17.6 Å². The number of nitrogens with zero attached hydrogens (tertiary/aromatic N) is 2. The number of hydrogen-bond acceptors (Lipinski definition) is 4. The van der Waals surface area contributed by atoms with Crippen molar-refractivity contribution in [1.29, 1.82) is 0 Å². The van der Waals surface area contributed by atoms with E-state index in [1.54, 1.807) is 17.5 Å². The molecule has 1 saturated carbocycles. The maximum atomic E-state index is 11.8. The van der Waals surface area contributed by atoms with Gasteiger partial charge >= 0.3 is 6.03 Å². The van der Waals surface area contributed by atoms with Crippen molar-refractivity contribution in [1.82, 2.24) is 20.5 Å². The summed E-state index contributed by atoms with van der Waals surface area (Å²) in [7, 11) is 0. The summed E-state index contributed by atoms with van der Waals surface area (Å²) < 4.78 is 0. The lowest BCUT2D eigenvalue weighted by molar-refractivity contribution is 0.206. The standard InChI is InChI=1S/C14H24N4OS/c1-10(2)18(12-4-5-12)8-6-16-14(19)17-11(3)13-15-7-9-20-13/h7,9-12H,4-6,8H2,1-3H3,(H2,16,17,19)/t11-/m0/s1. The highest BCUT2D eigenvalue weighted by Crippen LogP contribution is 2.27. The molecule has 0 aliphatic heterocycles. The minimum Gasteiger partial charge on any atom is -0.337 e. The highest BCUT2D eigenvalue weighted by molar-refractivity contribution is 7.09. The van der Waals surface area contributed by atoms with Crippen molar-refractivity contribution in [3.8, 4) is 0 Å². The van der Waals surface area contributed by atoms with Gasteiger partial charge < -0.3 is 10.6 Å². The lowest BCUT2D eigenvalue weighted by Gasteiger charge is -2.26. The second-order valence-corrected chi connectivity index (χ2v) is 6.48. The Balaban J connectivity index is 1.67. The molecule has 1 fully saturated rings. The molecule has 0 unspecified atom stereocenters. The van der Waals surface area contributed by atoms with Gasteiger partial charge in [-0.1, -0.05) is 0 Å². The van der Waals surface area contributed by atoms with Crippen molar-refractivity contribution in [3.63, 3.8) is 0 Å². The third-order valence-electron chi connectivity index (χ3n) is 3.50. The molecule has 1 aromatic rings. The van der Waals surface area contributed by atoms with Gasteiger partial charge in [-0.3, -0.25) is 4.90 Å². The van der Waals surface area contributed by atoms with E-state index in [1.807, 2.05) is 12.3 Å². The van der Waals surface area contributed by atoms with Crippen LogP contribution in [-0.2, 0) is 0 Å². The third-order valence-corrected chi connectivity index (χ3v) is 4.46. The van der Waals surface area contributed by atoms with Gasteiger partial charge in [-0.05, 0) is 33.6 Å². The van der Waals surface area contributed by atoms with Gasteiger partial charge in [-0.25, -0.2) is 9.78 Å². The van der Waals surface area contributed by atoms with Crippen molar-refractivity contribution in [2.75, 3.05) is 13.1 Å². The van der Waals surface area contributed by atoms with E-state index in [1.165, 1.54) is 12.8 Å². The lowest BCUT2D eigenvalue weighted by atomic mass is 10.3. The molecule has 112 valence electrons. The van der Waals surface area contributed by atoms with E-state index >= 15 is 0 Å². The molecule has 0 aromatic carbocycles. The highest BCUT2D eigenvalue weighted by Gasteiger charge is 2.30. The van der Waals surface area contributed by atoms with Crippen molar-refractivity contribution in [2.24, 2.45) is 0 Å². The number of rotatable bonds is 7. The van der Waals surface area contributed by atoms with Crippen molar-refractivity contribution < 1.29 is 4.79 Å². The average molecular weight is 296 g/mol. The van der Waals surface area contributed by atoms with Crippen LogP contribution in [0, 0.1) is 0 Å². The van der Waals surface area contributed by atoms with Crippen molar-refractivity contribution >= 4 is 17.4 Å². The largest absolute Gasteiger partial charge is 0.337 e. The first-order valence-electron chi connectivity index (χ1n) is 7.27. The molecule has 1 aliphatic carbocycles. The molecule has 20 heavy (non-hydrogen) atoms. The zero-order valence-corrected chi connectivity index (χ0v) is 13.2. The van der Waals surface area contributed by atoms with Gasteiger partial charge in [0.25, 0.3) is 0 Å². The molecule has 1 aromatic heterocycles. The second-order valence-electron chi connectivity index (χ2n) is 5.56. The number of urea groups is 1. The Morgan fingerprint density at radius 2 is 2.25 bits per heavy atom. The summed E-state index contributed by atoms with van der Waals surface area (Å²) in [4.78, 5) is 18.5. The zero-order valence-electron chi connectivity index (χ0n) is 12.4. The van der Waals surface area contributed by atoms with Gasteiger partial charge in [0.1, 0.15) is 5.01 Å². The molecular formula is C14H24N4OS. The fraction of sp³-hybridized carbons (Fsp3) is 0.714. The Bertz CT molecular complexity index is 415. The molecule has 1 aliphatic rings. The Hall–Kier alpha value is -1.14. The fourth-order valence-electron chi connectivity index (χ4n) is 2.32. The monoisotopic (exact) mass is 296 g/mol. The molecule has 2 N–H and O–H groups in total. The summed E-state index contributed by atoms with van der Waals surface area (Å²) in [5, 5.41) is 8.69. The van der Waals surface area contributed by atoms with E-state index in [2.05, 4.69) is 34.4 Å². The molecule has 0 saturated heterocycles. The molecule has 2 amide bonds. The van der Waals surface area contributed by atoms with E-state index in [9.17, 15) is 4.79 Å². The van der Waals surface area contributed by atoms with Crippen LogP contribution in [0.2, 0.25) is 0 Å². The highest BCUT2D eigenvalue weighted by atomic mass is 32.1. The van der Waals surface area contributed by atoms with Gasteiger partial charge in [0, 0.05) is 36.8 Å². The van der Waals surface area contributed by atoms with Crippen molar-refractivity contribution in [2.45, 2.75) is 51.7 Å². The van der Waals surface area contributed by atoms with E-state index < -0.39 is 0 Å². The van der Waals surface area contributed by atoms with Crippen LogP contribution in [-0.4, -0.2) is 41.1 Å². The summed E-state index contributed by atoms with van der Waals surface area (Å²) in [5.74, 6) is 0. The van der Waals surface area contributed by atoms with Gasteiger partial charge in [0.15, 0.2) is 0 Å². The SMILES string of the molecule is CC(C)N(CCNC(=O)N[C@@H](C)c1nccs1)C1CC1. The Labute approximate surface area is 124 Å². The number of amides is 2. The van der Waals surface area contributed by atoms with Gasteiger partial charge in [0.05, 0.1) is 6.04 Å². The fourth-order valence-corrected chi connectivity index (χ4v) is 2.97. The minimum absolute atomic E-state index is 0.0420. The number of carbonyl (C=O) groups excluding carboxylic acids is 1. The first-order valence-corrected chi connectivity index (χ1v) is 8.15. The van der Waals surface area contributed by atoms with Crippen LogP contribution in [0.1, 0.15) is 44.7 Å². The summed E-state index contributed by atoms with van der Waals surface area (Å²) in [6.45, 7) is 7.97. The van der Waals surface area contributed by atoms with Gasteiger partial charge in [-0.2, -0.15) is 0 Å². The van der Waals surface area contributed by atoms with E-state index in [-0.39, 0.29) is 12.1 Å². The molecule has 0 bridgehead atoms. The summed E-state index contributed by atoms with van der Waals surface area (Å²) in [6.07, 6.45) is 4.35. The Morgan fingerprint density at radius 3 is 2.80 bits per heavy atom. The van der Waals surface area contributed by atoms with Crippen LogP contribution in [0.4, 0.5) is 4.79 Å². The predicted molar refractivity (Wildman–Crippen MR) is 81.9 cm³/mol. The van der Waals surface area contributed by atoms with Gasteiger partial charge in [-0.15, -0.1) is 11.3 Å². The molecule has 1 atom stereocenters. The molecule has 1 heterocycles. The molecular weight excluding hydrogens is 272 g/mol. The van der Waals surface area contributed by atoms with Crippen molar-refractivity contribution in [3.05, 3.63) is 16.6 Å². The predicted octanol–water partition coefficient (Wildman–Crippen LogP) is 2.38. The molecule has 2 rings (SSSR count). The van der Waals surface area contributed by atoms with Crippen LogP contribution < -0.4 is 10.6 Å². The van der Waals surface area contributed by atoms with Crippen LogP contribution in [0.3, 0.4) is 0 Å². The maximum absolute atomic E-state index is 11.8. The smallest absolute Gasteiger partial charge is 0.315 e. The Morgan fingerprint density at radius 1 is 1.50 bits per heavy atom. The first kappa shape index (κ1) is 15.3. The lowest BCUT2D eigenvalue weighted by Crippen LogP contribution is -2.43. The summed E-state index contributed by atoms with van der Waals surface area (Å²) in [5.41, 5.74) is 0. The van der Waals surface area contributed by atoms with Crippen LogP contribution in [0.25, 0.3) is 0 Å². The van der Waals surface area contributed by atoms with Crippen LogP contribution >= 0.6 is 11.3 Å². The number of carbonyl (C=O) groups is 1. The quantitative estimate of drug-likeness (QED) is 0.812. The summed E-state index contributed by atoms with van der Waals surface area (Å²) in [6, 6.07) is 1.11. The number of hydrogen-bond donors (Lipinski definition) is 2. The van der Waals surface area contributed by atoms with Crippen LogP contribution in [0.15, 0.2) is 11.6 Å². The second kappa shape index (κ2) is 7.04. The first-order chi connectivity index (χ1) is 9.58. The molecule has 0 spiro atoms. The normalized spacial score (nSPS) is 16.4. The van der Waals surface area contributed by atoms with E-state index in [0.29, 0.717) is 12.6 Å². The topological polar surface area (TPSA) is 57.3 Å². The molecule has 0 radical (unpaired) electrons. The average Bonchev–Trinajstić information content (AvgIpc) is 3.06. The zero-order chi connectivity index (χ0) is 14.5. The maximum Gasteiger partial charge on any atom is 0.315 e. The third kappa shape index (κ3) is 4.45. The van der Waals surface area contributed by atoms with Gasteiger partial charge in [0.2, 0.25) is 0 Å². The Kier molecular flexibility index (Phi) is 5.37. The number of nitrogens with one attached hydrogen (secondary N) is 2. The molecule has 5 nitrogen and oxygen atoms in total. The minimum atomic E-state index is -0.118. The number of aromatic nitrogens is 1. The summed E-state index contributed by atoms with van der Waals surface area (Å²) >= 11 is 1.56. The van der Waals surface area contributed by atoms with E-state index in [4.69, 9.17) is 0 Å².